The quantitative estimate of drug-likeness (QED) is 0.795. The van der Waals surface area contributed by atoms with Crippen molar-refractivity contribution in [1.82, 2.24) is 9.21 Å². The molecule has 0 spiro atoms. The third kappa shape index (κ3) is 3.02. The molecule has 144 valence electrons. The number of benzene rings is 1. The van der Waals surface area contributed by atoms with E-state index in [1.807, 2.05) is 4.90 Å². The number of likely N-dealkylation sites (tertiary alicyclic amines) is 1. The molecule has 0 bridgehead atoms. The first-order valence-corrected chi connectivity index (χ1v) is 11.0. The average molecular weight is 388 g/mol. The Balaban J connectivity index is 1.88. The highest BCUT2D eigenvalue weighted by Crippen LogP contribution is 2.35. The van der Waals surface area contributed by atoms with Crippen molar-refractivity contribution in [1.29, 1.82) is 0 Å². The zero-order valence-electron chi connectivity index (χ0n) is 15.5. The molecule has 0 atom stereocenters. The second-order valence-electron chi connectivity index (χ2n) is 7.66. The number of allylic oxidation sites excluding steroid dienone is 2. The number of nitrogens with zero attached hydrogens (tertiary/aromatic N) is 2. The number of carbonyl (C=O) groups excluding carboxylic acids is 2. The van der Waals surface area contributed by atoms with E-state index in [1.165, 1.54) is 4.31 Å². The van der Waals surface area contributed by atoms with Crippen LogP contribution in [0.2, 0.25) is 0 Å². The van der Waals surface area contributed by atoms with Gasteiger partial charge in [-0.2, -0.15) is 4.31 Å². The maximum absolute atomic E-state index is 13.3. The number of piperidine rings is 1. The summed E-state index contributed by atoms with van der Waals surface area (Å²) in [5.74, 6) is -0.370. The number of sulfonamides is 1. The van der Waals surface area contributed by atoms with E-state index in [0.717, 1.165) is 25.7 Å². The molecule has 0 saturated carbocycles. The summed E-state index contributed by atoms with van der Waals surface area (Å²) < 4.78 is 28.0. The van der Waals surface area contributed by atoms with Gasteiger partial charge in [0.15, 0.2) is 4.91 Å². The van der Waals surface area contributed by atoms with Crippen molar-refractivity contribution in [3.63, 3.8) is 0 Å². The van der Waals surface area contributed by atoms with Crippen LogP contribution >= 0.6 is 0 Å². The number of ketones is 2. The van der Waals surface area contributed by atoms with Crippen LogP contribution in [0.4, 0.5) is 0 Å². The predicted molar refractivity (Wildman–Crippen MR) is 102 cm³/mol. The summed E-state index contributed by atoms with van der Waals surface area (Å²) in [6, 6.07) is 6.53. The van der Waals surface area contributed by atoms with Gasteiger partial charge in [0.25, 0.3) is 0 Å². The largest absolute Gasteiger partial charge is 0.367 e. The van der Waals surface area contributed by atoms with Gasteiger partial charge in [-0.15, -0.1) is 0 Å². The van der Waals surface area contributed by atoms with Gasteiger partial charge in [0.1, 0.15) is 5.70 Å². The van der Waals surface area contributed by atoms with Gasteiger partial charge in [-0.1, -0.05) is 31.2 Å². The van der Waals surface area contributed by atoms with E-state index in [0.29, 0.717) is 37.7 Å². The summed E-state index contributed by atoms with van der Waals surface area (Å²) in [7, 11) is -4.00. The van der Waals surface area contributed by atoms with Crippen molar-refractivity contribution >= 4 is 21.6 Å². The summed E-state index contributed by atoms with van der Waals surface area (Å²) >= 11 is 0. The van der Waals surface area contributed by atoms with Crippen molar-refractivity contribution < 1.29 is 18.0 Å². The average Bonchev–Trinajstić information content (AvgIpc) is 3.21. The van der Waals surface area contributed by atoms with Crippen LogP contribution in [0.15, 0.2) is 34.9 Å². The third-order valence-corrected chi connectivity index (χ3v) is 7.76. The Bertz CT molecular complexity index is 921. The minimum absolute atomic E-state index is 0.0810. The second-order valence-corrected chi connectivity index (χ2v) is 9.54. The van der Waals surface area contributed by atoms with E-state index in [-0.39, 0.29) is 21.9 Å². The fourth-order valence-electron chi connectivity index (χ4n) is 4.16. The van der Waals surface area contributed by atoms with Crippen molar-refractivity contribution in [2.24, 2.45) is 5.92 Å². The first-order chi connectivity index (χ1) is 12.9. The molecule has 0 aromatic heterocycles. The Morgan fingerprint density at radius 3 is 2.04 bits per heavy atom. The minimum atomic E-state index is -4.00. The zero-order valence-corrected chi connectivity index (χ0v) is 16.3. The van der Waals surface area contributed by atoms with Crippen LogP contribution < -0.4 is 0 Å². The Kier molecular flexibility index (Phi) is 4.68. The normalized spacial score (nSPS) is 22.5. The summed E-state index contributed by atoms with van der Waals surface area (Å²) in [6.07, 6.45) is 3.32. The van der Waals surface area contributed by atoms with Gasteiger partial charge < -0.3 is 4.90 Å². The third-order valence-electron chi connectivity index (χ3n) is 5.82. The minimum Gasteiger partial charge on any atom is -0.367 e. The van der Waals surface area contributed by atoms with Crippen LogP contribution in [0, 0.1) is 5.92 Å². The SMILES string of the molecule is CC1CCN(C2=C(S(=O)(=O)N3CCCC3)C(=O)c3ccccc3C2=O)CC1. The molecule has 3 aliphatic rings. The Labute approximate surface area is 159 Å². The van der Waals surface area contributed by atoms with Crippen molar-refractivity contribution in [3.8, 4) is 0 Å². The number of carbonyl (C=O) groups is 2. The standard InChI is InChI=1S/C20H24N2O4S/c1-14-8-12-21(13-9-14)17-18(23)15-6-2-3-7-16(15)19(24)20(17)27(25,26)22-10-4-5-11-22/h2-3,6-7,14H,4-5,8-13H2,1H3. The number of rotatable bonds is 3. The molecule has 27 heavy (non-hydrogen) atoms. The van der Waals surface area contributed by atoms with Gasteiger partial charge >= 0.3 is 0 Å². The Morgan fingerprint density at radius 2 is 1.44 bits per heavy atom. The molecule has 2 saturated heterocycles. The molecule has 0 radical (unpaired) electrons. The molecule has 1 aromatic rings. The van der Waals surface area contributed by atoms with Crippen LogP contribution in [0.1, 0.15) is 53.3 Å². The van der Waals surface area contributed by atoms with E-state index >= 15 is 0 Å². The first kappa shape index (κ1) is 18.4. The second kappa shape index (κ2) is 6.87. The van der Waals surface area contributed by atoms with Crippen LogP contribution in [-0.2, 0) is 10.0 Å². The highest BCUT2D eigenvalue weighted by Gasteiger charge is 2.44. The lowest BCUT2D eigenvalue weighted by Gasteiger charge is -2.36. The zero-order chi connectivity index (χ0) is 19.2. The summed E-state index contributed by atoms with van der Waals surface area (Å²) in [5.41, 5.74) is 0.573. The molecule has 4 rings (SSSR count). The van der Waals surface area contributed by atoms with Gasteiger partial charge in [0.2, 0.25) is 21.6 Å². The van der Waals surface area contributed by atoms with Crippen molar-refractivity contribution in [2.45, 2.75) is 32.6 Å². The number of Topliss-reactive ketones (excluding diaryl/α,β-unsaturated/α-hetero) is 2. The number of hydrogen-bond acceptors (Lipinski definition) is 5. The molecular weight excluding hydrogens is 364 g/mol. The topological polar surface area (TPSA) is 74.8 Å². The van der Waals surface area contributed by atoms with Crippen molar-refractivity contribution in [2.75, 3.05) is 26.2 Å². The van der Waals surface area contributed by atoms with E-state index in [1.54, 1.807) is 24.3 Å². The van der Waals surface area contributed by atoms with E-state index in [4.69, 9.17) is 0 Å². The monoisotopic (exact) mass is 388 g/mol. The molecular formula is C20H24N2O4S. The fourth-order valence-corrected chi connectivity index (χ4v) is 5.96. The Morgan fingerprint density at radius 1 is 0.889 bits per heavy atom. The van der Waals surface area contributed by atoms with E-state index < -0.39 is 15.8 Å². The van der Waals surface area contributed by atoms with Crippen molar-refractivity contribution in [3.05, 3.63) is 46.0 Å². The molecule has 0 N–H and O–H groups in total. The molecule has 1 aromatic carbocycles. The molecule has 0 amide bonds. The lowest BCUT2D eigenvalue weighted by Crippen LogP contribution is -2.43. The molecule has 1 aliphatic carbocycles. The fraction of sp³-hybridized carbons (Fsp3) is 0.500. The van der Waals surface area contributed by atoms with Crippen LogP contribution in [0.25, 0.3) is 0 Å². The van der Waals surface area contributed by atoms with Crippen LogP contribution in [0.3, 0.4) is 0 Å². The Hall–Kier alpha value is -1.99. The summed E-state index contributed by atoms with van der Waals surface area (Å²) in [6.45, 7) is 4.14. The van der Waals surface area contributed by atoms with Gasteiger partial charge in [-0.25, -0.2) is 8.42 Å². The highest BCUT2D eigenvalue weighted by molar-refractivity contribution is 7.94. The smallest absolute Gasteiger partial charge is 0.249 e. The predicted octanol–water partition coefficient (Wildman–Crippen LogP) is 2.43. The van der Waals surface area contributed by atoms with Gasteiger partial charge in [-0.3, -0.25) is 9.59 Å². The summed E-state index contributed by atoms with van der Waals surface area (Å²) in [4.78, 5) is 28.0. The van der Waals surface area contributed by atoms with Gasteiger partial charge in [0, 0.05) is 37.3 Å². The molecule has 6 nitrogen and oxygen atoms in total. The highest BCUT2D eigenvalue weighted by atomic mass is 32.2. The molecule has 2 aliphatic heterocycles. The maximum atomic E-state index is 13.3. The van der Waals surface area contributed by atoms with Crippen LogP contribution in [0.5, 0.6) is 0 Å². The lowest BCUT2D eigenvalue weighted by atomic mass is 9.90. The van der Waals surface area contributed by atoms with Gasteiger partial charge in [0.05, 0.1) is 0 Å². The molecule has 7 heteroatoms. The summed E-state index contributed by atoms with van der Waals surface area (Å²) in [5, 5.41) is 0. The molecule has 2 fully saturated rings. The van der Waals surface area contributed by atoms with E-state index in [9.17, 15) is 18.0 Å². The lowest BCUT2D eigenvalue weighted by molar-refractivity contribution is 0.0932. The number of hydrogen-bond donors (Lipinski definition) is 0. The van der Waals surface area contributed by atoms with Gasteiger partial charge in [-0.05, 0) is 31.6 Å². The maximum Gasteiger partial charge on any atom is 0.249 e. The van der Waals surface area contributed by atoms with E-state index in [2.05, 4.69) is 6.92 Å². The molecule has 0 unspecified atom stereocenters. The molecule has 2 heterocycles. The van der Waals surface area contributed by atoms with Crippen LogP contribution in [-0.4, -0.2) is 55.4 Å². The number of fused-ring (bicyclic) bond motifs is 1. The first-order valence-electron chi connectivity index (χ1n) is 9.59.